The van der Waals surface area contributed by atoms with Crippen LogP contribution in [0.15, 0.2) is 24.4 Å². The molecule has 4 nitrogen and oxygen atoms in total. The highest BCUT2D eigenvalue weighted by Gasteiger charge is 2.20. The molecule has 1 aromatic carbocycles. The fraction of sp³-hybridized carbons (Fsp3) is 0.500. The van der Waals surface area contributed by atoms with E-state index in [1.54, 1.807) is 7.11 Å². The number of rotatable bonds is 5. The first kappa shape index (κ1) is 12.9. The predicted octanol–water partition coefficient (Wildman–Crippen LogP) is 3.18. The first-order valence-corrected chi connectivity index (χ1v) is 6.25. The third kappa shape index (κ3) is 3.01. The zero-order valence-electron chi connectivity index (χ0n) is 11.4. The average molecular weight is 247 g/mol. The van der Waals surface area contributed by atoms with E-state index in [0.29, 0.717) is 6.04 Å². The number of anilines is 1. The number of nitrogens with one attached hydrogen (secondary N) is 2. The van der Waals surface area contributed by atoms with E-state index in [-0.39, 0.29) is 5.60 Å². The molecule has 4 heteroatoms. The van der Waals surface area contributed by atoms with Crippen molar-refractivity contribution in [2.75, 3.05) is 12.4 Å². The van der Waals surface area contributed by atoms with Crippen LogP contribution in [0.1, 0.15) is 27.2 Å². The summed E-state index contributed by atoms with van der Waals surface area (Å²) < 4.78 is 5.45. The molecule has 18 heavy (non-hydrogen) atoms. The third-order valence-corrected chi connectivity index (χ3v) is 3.20. The zero-order valence-corrected chi connectivity index (χ0v) is 11.4. The lowest BCUT2D eigenvalue weighted by Crippen LogP contribution is -2.31. The van der Waals surface area contributed by atoms with Gasteiger partial charge < -0.3 is 10.1 Å². The number of benzene rings is 1. The van der Waals surface area contributed by atoms with Crippen LogP contribution in [0.2, 0.25) is 0 Å². The maximum atomic E-state index is 5.45. The second kappa shape index (κ2) is 4.98. The van der Waals surface area contributed by atoms with Crippen LogP contribution in [0.25, 0.3) is 10.9 Å². The van der Waals surface area contributed by atoms with Crippen LogP contribution in [-0.2, 0) is 4.74 Å². The lowest BCUT2D eigenvalue weighted by atomic mass is 9.99. The molecule has 2 aromatic rings. The molecule has 1 heterocycles. The van der Waals surface area contributed by atoms with E-state index in [2.05, 4.69) is 48.4 Å². The number of fused-ring (bicyclic) bond motifs is 1. The Balaban J connectivity index is 2.04. The lowest BCUT2D eigenvalue weighted by molar-refractivity contribution is 0.0128. The van der Waals surface area contributed by atoms with E-state index in [1.807, 2.05) is 12.3 Å². The molecule has 0 aliphatic heterocycles. The van der Waals surface area contributed by atoms with Crippen molar-refractivity contribution in [2.45, 2.75) is 38.8 Å². The minimum absolute atomic E-state index is 0.105. The van der Waals surface area contributed by atoms with Gasteiger partial charge in [-0.15, -0.1) is 0 Å². The van der Waals surface area contributed by atoms with Crippen molar-refractivity contribution in [3.63, 3.8) is 0 Å². The van der Waals surface area contributed by atoms with Gasteiger partial charge in [-0.2, -0.15) is 5.10 Å². The Kier molecular flexibility index (Phi) is 3.57. The van der Waals surface area contributed by atoms with Gasteiger partial charge in [0.05, 0.1) is 17.3 Å². The van der Waals surface area contributed by atoms with E-state index in [9.17, 15) is 0 Å². The maximum absolute atomic E-state index is 5.45. The fourth-order valence-corrected chi connectivity index (χ4v) is 2.19. The molecule has 1 unspecified atom stereocenters. The van der Waals surface area contributed by atoms with Gasteiger partial charge in [0, 0.05) is 24.2 Å². The molecule has 0 amide bonds. The van der Waals surface area contributed by atoms with Crippen LogP contribution < -0.4 is 5.32 Å². The summed E-state index contributed by atoms with van der Waals surface area (Å²) in [6.07, 6.45) is 2.79. The number of hydrogen-bond acceptors (Lipinski definition) is 3. The van der Waals surface area contributed by atoms with E-state index >= 15 is 0 Å². The maximum Gasteiger partial charge on any atom is 0.0651 e. The quantitative estimate of drug-likeness (QED) is 0.853. The highest BCUT2D eigenvalue weighted by Crippen LogP contribution is 2.21. The Hall–Kier alpha value is -1.55. The number of aromatic nitrogens is 2. The van der Waals surface area contributed by atoms with Crippen molar-refractivity contribution >= 4 is 16.6 Å². The Labute approximate surface area is 108 Å². The third-order valence-electron chi connectivity index (χ3n) is 3.20. The normalized spacial score (nSPS) is 13.8. The molecule has 2 N–H and O–H groups in total. The SMILES string of the molecule is COC(C)(C)CC(C)Nc1ccc2[nH]ncc2c1. The molecule has 0 bridgehead atoms. The second-order valence-corrected chi connectivity index (χ2v) is 5.39. The summed E-state index contributed by atoms with van der Waals surface area (Å²) in [5.41, 5.74) is 2.07. The summed E-state index contributed by atoms with van der Waals surface area (Å²) in [7, 11) is 1.75. The van der Waals surface area contributed by atoms with Crippen LogP contribution in [0.4, 0.5) is 5.69 Å². The van der Waals surface area contributed by atoms with Crippen LogP contribution in [0.5, 0.6) is 0 Å². The summed E-state index contributed by atoms with van der Waals surface area (Å²) in [5.74, 6) is 0. The lowest BCUT2D eigenvalue weighted by Gasteiger charge is -2.27. The molecule has 0 saturated carbocycles. The zero-order chi connectivity index (χ0) is 13.2. The minimum atomic E-state index is -0.105. The molecular formula is C14H21N3O. The van der Waals surface area contributed by atoms with Gasteiger partial charge in [-0.25, -0.2) is 0 Å². The average Bonchev–Trinajstić information content (AvgIpc) is 2.75. The number of hydrogen-bond donors (Lipinski definition) is 2. The number of ether oxygens (including phenoxy) is 1. The molecule has 0 aliphatic rings. The van der Waals surface area contributed by atoms with Crippen molar-refractivity contribution in [1.82, 2.24) is 10.2 Å². The Morgan fingerprint density at radius 3 is 2.94 bits per heavy atom. The van der Waals surface area contributed by atoms with Crippen molar-refractivity contribution in [2.24, 2.45) is 0 Å². The molecule has 98 valence electrons. The van der Waals surface area contributed by atoms with Gasteiger partial charge in [0.2, 0.25) is 0 Å². The molecule has 0 saturated heterocycles. The molecule has 0 radical (unpaired) electrons. The summed E-state index contributed by atoms with van der Waals surface area (Å²) in [4.78, 5) is 0. The highest BCUT2D eigenvalue weighted by molar-refractivity contribution is 5.81. The van der Waals surface area contributed by atoms with E-state index < -0.39 is 0 Å². The van der Waals surface area contributed by atoms with Crippen LogP contribution >= 0.6 is 0 Å². The van der Waals surface area contributed by atoms with Gasteiger partial charge >= 0.3 is 0 Å². The number of nitrogens with zero attached hydrogens (tertiary/aromatic N) is 1. The number of H-pyrrole nitrogens is 1. The molecule has 2 rings (SSSR count). The van der Waals surface area contributed by atoms with Gasteiger partial charge in [0.1, 0.15) is 0 Å². The summed E-state index contributed by atoms with van der Waals surface area (Å²) in [6.45, 7) is 6.37. The molecule has 1 aromatic heterocycles. The summed E-state index contributed by atoms with van der Waals surface area (Å²) in [6, 6.07) is 6.56. The Morgan fingerprint density at radius 2 is 2.22 bits per heavy atom. The van der Waals surface area contributed by atoms with Gasteiger partial charge in [-0.1, -0.05) is 0 Å². The number of methoxy groups -OCH3 is 1. The van der Waals surface area contributed by atoms with Crippen molar-refractivity contribution in [3.8, 4) is 0 Å². The van der Waals surface area contributed by atoms with Crippen LogP contribution in [0.3, 0.4) is 0 Å². The van der Waals surface area contributed by atoms with Crippen molar-refractivity contribution in [3.05, 3.63) is 24.4 Å². The van der Waals surface area contributed by atoms with Gasteiger partial charge in [-0.3, -0.25) is 5.10 Å². The summed E-state index contributed by atoms with van der Waals surface area (Å²) in [5, 5.41) is 11.6. The molecule has 0 fully saturated rings. The van der Waals surface area contributed by atoms with Gasteiger partial charge in [-0.05, 0) is 45.4 Å². The topological polar surface area (TPSA) is 49.9 Å². The fourth-order valence-electron chi connectivity index (χ4n) is 2.19. The van der Waals surface area contributed by atoms with Gasteiger partial charge in [0.15, 0.2) is 0 Å². The van der Waals surface area contributed by atoms with Crippen LogP contribution in [0, 0.1) is 0 Å². The summed E-state index contributed by atoms with van der Waals surface area (Å²) >= 11 is 0. The van der Waals surface area contributed by atoms with Crippen molar-refractivity contribution < 1.29 is 4.74 Å². The highest BCUT2D eigenvalue weighted by atomic mass is 16.5. The van der Waals surface area contributed by atoms with E-state index in [0.717, 1.165) is 23.0 Å². The molecular weight excluding hydrogens is 226 g/mol. The number of aromatic amines is 1. The van der Waals surface area contributed by atoms with Crippen molar-refractivity contribution in [1.29, 1.82) is 0 Å². The molecule has 0 spiro atoms. The van der Waals surface area contributed by atoms with E-state index in [4.69, 9.17) is 4.74 Å². The Morgan fingerprint density at radius 1 is 1.44 bits per heavy atom. The minimum Gasteiger partial charge on any atom is -0.382 e. The van der Waals surface area contributed by atoms with Gasteiger partial charge in [0.25, 0.3) is 0 Å². The van der Waals surface area contributed by atoms with Crippen LogP contribution in [-0.4, -0.2) is 29.0 Å². The first-order valence-electron chi connectivity index (χ1n) is 6.25. The van der Waals surface area contributed by atoms with E-state index in [1.165, 1.54) is 0 Å². The predicted molar refractivity (Wildman–Crippen MR) is 74.9 cm³/mol. The first-order chi connectivity index (χ1) is 8.50. The monoisotopic (exact) mass is 247 g/mol. The smallest absolute Gasteiger partial charge is 0.0651 e. The molecule has 0 aliphatic carbocycles. The molecule has 1 atom stereocenters. The second-order valence-electron chi connectivity index (χ2n) is 5.39. The standard InChI is InChI=1S/C14H21N3O/c1-10(8-14(2,3)18-4)16-12-5-6-13-11(7-12)9-15-17-13/h5-7,9-10,16H,8H2,1-4H3,(H,15,17). The largest absolute Gasteiger partial charge is 0.382 e. The Bertz CT molecular complexity index is 518.